The number of pyridine rings is 1. The second kappa shape index (κ2) is 5.85. The van der Waals surface area contributed by atoms with Crippen molar-refractivity contribution in [3.05, 3.63) is 24.5 Å². The zero-order chi connectivity index (χ0) is 13.0. The minimum Gasteiger partial charge on any atom is -0.283 e. The Morgan fingerprint density at radius 2 is 2.11 bits per heavy atom. The van der Waals surface area contributed by atoms with Crippen molar-refractivity contribution in [2.45, 2.75) is 33.1 Å². The van der Waals surface area contributed by atoms with Gasteiger partial charge < -0.3 is 0 Å². The molecule has 1 amide bonds. The normalized spacial score (nSPS) is 19.3. The van der Waals surface area contributed by atoms with Crippen molar-refractivity contribution in [2.24, 2.45) is 5.92 Å². The van der Waals surface area contributed by atoms with E-state index in [1.165, 1.54) is 0 Å². The van der Waals surface area contributed by atoms with Crippen molar-refractivity contribution in [3.8, 4) is 0 Å². The molecule has 1 fully saturated rings. The number of rotatable bonds is 5. The SMILES string of the molecule is CCCC1CCN(N(CC)c2ccncc2)C1=O. The van der Waals surface area contributed by atoms with Crippen molar-refractivity contribution < 1.29 is 4.79 Å². The standard InChI is InChI=1S/C14H21N3O/c1-3-5-12-8-11-17(14(12)18)16(4-2)13-6-9-15-10-7-13/h6-7,9-10,12H,3-5,8,11H2,1-2H3. The first-order valence-corrected chi connectivity index (χ1v) is 6.76. The third kappa shape index (κ3) is 2.47. The number of hydrogen-bond donors (Lipinski definition) is 0. The van der Waals surface area contributed by atoms with Gasteiger partial charge >= 0.3 is 0 Å². The maximum absolute atomic E-state index is 12.3. The molecule has 98 valence electrons. The fourth-order valence-corrected chi connectivity index (χ4v) is 2.59. The van der Waals surface area contributed by atoms with Gasteiger partial charge in [0.15, 0.2) is 0 Å². The highest BCUT2D eigenvalue weighted by Crippen LogP contribution is 2.26. The van der Waals surface area contributed by atoms with Gasteiger partial charge in [0, 0.05) is 31.4 Å². The van der Waals surface area contributed by atoms with Gasteiger partial charge in [-0.1, -0.05) is 13.3 Å². The lowest BCUT2D eigenvalue weighted by Gasteiger charge is -2.32. The van der Waals surface area contributed by atoms with Crippen LogP contribution in [0.2, 0.25) is 0 Å². The van der Waals surface area contributed by atoms with Crippen molar-refractivity contribution >= 4 is 11.6 Å². The van der Waals surface area contributed by atoms with Crippen LogP contribution in [-0.4, -0.2) is 29.0 Å². The van der Waals surface area contributed by atoms with Gasteiger partial charge in [-0.3, -0.25) is 19.8 Å². The molecule has 1 unspecified atom stereocenters. The summed E-state index contributed by atoms with van der Waals surface area (Å²) in [6, 6.07) is 3.90. The van der Waals surface area contributed by atoms with E-state index in [1.807, 2.05) is 17.1 Å². The monoisotopic (exact) mass is 247 g/mol. The summed E-state index contributed by atoms with van der Waals surface area (Å²) < 4.78 is 0. The number of hydrazine groups is 1. The van der Waals surface area contributed by atoms with Crippen molar-refractivity contribution in [1.29, 1.82) is 0 Å². The molecular formula is C14H21N3O. The first kappa shape index (κ1) is 12.9. The van der Waals surface area contributed by atoms with Crippen LogP contribution in [0.25, 0.3) is 0 Å². The van der Waals surface area contributed by atoms with Gasteiger partial charge in [-0.05, 0) is 31.9 Å². The Kier molecular flexibility index (Phi) is 4.18. The Morgan fingerprint density at radius 3 is 2.72 bits per heavy atom. The van der Waals surface area contributed by atoms with Gasteiger partial charge in [0.1, 0.15) is 0 Å². The van der Waals surface area contributed by atoms with E-state index in [4.69, 9.17) is 0 Å². The molecule has 1 aliphatic rings. The van der Waals surface area contributed by atoms with E-state index >= 15 is 0 Å². The molecular weight excluding hydrogens is 226 g/mol. The lowest BCUT2D eigenvalue weighted by atomic mass is 10.0. The summed E-state index contributed by atoms with van der Waals surface area (Å²) >= 11 is 0. The predicted molar refractivity (Wildman–Crippen MR) is 72.0 cm³/mol. The topological polar surface area (TPSA) is 36.4 Å². The molecule has 0 bridgehead atoms. The van der Waals surface area contributed by atoms with Gasteiger partial charge in [-0.2, -0.15) is 0 Å². The molecule has 1 aromatic heterocycles. The minimum absolute atomic E-state index is 0.214. The zero-order valence-corrected chi connectivity index (χ0v) is 11.2. The van der Waals surface area contributed by atoms with Crippen LogP contribution < -0.4 is 5.01 Å². The van der Waals surface area contributed by atoms with E-state index in [1.54, 1.807) is 12.4 Å². The second-order valence-corrected chi connectivity index (χ2v) is 4.66. The number of anilines is 1. The zero-order valence-electron chi connectivity index (χ0n) is 11.2. The van der Waals surface area contributed by atoms with E-state index < -0.39 is 0 Å². The fourth-order valence-electron chi connectivity index (χ4n) is 2.59. The van der Waals surface area contributed by atoms with Crippen molar-refractivity contribution in [2.75, 3.05) is 18.1 Å². The van der Waals surface area contributed by atoms with Gasteiger partial charge in [0.05, 0.1) is 5.69 Å². The first-order valence-electron chi connectivity index (χ1n) is 6.76. The molecule has 1 aromatic rings. The van der Waals surface area contributed by atoms with Gasteiger partial charge in [0.25, 0.3) is 0 Å². The minimum atomic E-state index is 0.214. The molecule has 4 heteroatoms. The Balaban J connectivity index is 2.13. The lowest BCUT2D eigenvalue weighted by molar-refractivity contribution is -0.131. The van der Waals surface area contributed by atoms with Crippen LogP contribution >= 0.6 is 0 Å². The highest BCUT2D eigenvalue weighted by atomic mass is 16.2. The molecule has 2 rings (SSSR count). The summed E-state index contributed by atoms with van der Waals surface area (Å²) in [6.07, 6.45) is 6.59. The Bertz CT molecular complexity index is 393. The summed E-state index contributed by atoms with van der Waals surface area (Å²) in [7, 11) is 0. The second-order valence-electron chi connectivity index (χ2n) is 4.66. The van der Waals surface area contributed by atoms with E-state index in [-0.39, 0.29) is 11.8 Å². The van der Waals surface area contributed by atoms with Crippen LogP contribution in [0, 0.1) is 5.92 Å². The van der Waals surface area contributed by atoms with Gasteiger partial charge in [-0.25, -0.2) is 0 Å². The largest absolute Gasteiger partial charge is 0.283 e. The molecule has 1 aliphatic heterocycles. The molecule has 0 saturated carbocycles. The summed E-state index contributed by atoms with van der Waals surface area (Å²) in [5.74, 6) is 0.487. The summed E-state index contributed by atoms with van der Waals surface area (Å²) in [4.78, 5) is 16.4. The Hall–Kier alpha value is -1.58. The fraction of sp³-hybridized carbons (Fsp3) is 0.571. The quantitative estimate of drug-likeness (QED) is 0.802. The van der Waals surface area contributed by atoms with Crippen molar-refractivity contribution in [1.82, 2.24) is 9.99 Å². The average Bonchev–Trinajstić information content (AvgIpc) is 2.75. The molecule has 2 heterocycles. The summed E-state index contributed by atoms with van der Waals surface area (Å²) in [5, 5.41) is 3.95. The molecule has 4 nitrogen and oxygen atoms in total. The number of nitrogens with zero attached hydrogens (tertiary/aromatic N) is 3. The van der Waals surface area contributed by atoms with Crippen LogP contribution in [0.5, 0.6) is 0 Å². The summed E-state index contributed by atoms with van der Waals surface area (Å²) in [6.45, 7) is 5.84. The van der Waals surface area contributed by atoms with E-state index in [0.717, 1.165) is 38.0 Å². The molecule has 0 aromatic carbocycles. The smallest absolute Gasteiger partial charge is 0.244 e. The lowest BCUT2D eigenvalue weighted by Crippen LogP contribution is -2.44. The van der Waals surface area contributed by atoms with E-state index in [2.05, 4.69) is 23.8 Å². The maximum Gasteiger partial charge on any atom is 0.244 e. The van der Waals surface area contributed by atoms with Gasteiger partial charge in [-0.15, -0.1) is 0 Å². The number of carbonyl (C=O) groups is 1. The first-order chi connectivity index (χ1) is 8.77. The third-order valence-corrected chi connectivity index (χ3v) is 3.48. The van der Waals surface area contributed by atoms with E-state index in [9.17, 15) is 4.79 Å². The van der Waals surface area contributed by atoms with E-state index in [0.29, 0.717) is 0 Å². The average molecular weight is 247 g/mol. The molecule has 0 radical (unpaired) electrons. The highest BCUT2D eigenvalue weighted by molar-refractivity contribution is 5.82. The molecule has 1 atom stereocenters. The molecule has 1 saturated heterocycles. The Morgan fingerprint density at radius 1 is 1.39 bits per heavy atom. The Labute approximate surface area is 109 Å². The molecule has 0 aliphatic carbocycles. The molecule has 18 heavy (non-hydrogen) atoms. The number of carbonyl (C=O) groups excluding carboxylic acids is 1. The third-order valence-electron chi connectivity index (χ3n) is 3.48. The summed E-state index contributed by atoms with van der Waals surface area (Å²) in [5.41, 5.74) is 1.04. The van der Waals surface area contributed by atoms with Crippen LogP contribution in [0.15, 0.2) is 24.5 Å². The highest BCUT2D eigenvalue weighted by Gasteiger charge is 2.34. The number of aromatic nitrogens is 1. The van der Waals surface area contributed by atoms with Crippen molar-refractivity contribution in [3.63, 3.8) is 0 Å². The molecule has 0 spiro atoms. The van der Waals surface area contributed by atoms with Crippen LogP contribution in [0.4, 0.5) is 5.69 Å². The van der Waals surface area contributed by atoms with Crippen LogP contribution in [0.1, 0.15) is 33.1 Å². The number of amides is 1. The van der Waals surface area contributed by atoms with Crippen LogP contribution in [-0.2, 0) is 4.79 Å². The maximum atomic E-state index is 12.3. The predicted octanol–water partition coefficient (Wildman–Crippen LogP) is 2.47. The molecule has 0 N–H and O–H groups in total. The van der Waals surface area contributed by atoms with Crippen LogP contribution in [0.3, 0.4) is 0 Å². The number of hydrogen-bond acceptors (Lipinski definition) is 3. The van der Waals surface area contributed by atoms with Gasteiger partial charge in [0.2, 0.25) is 5.91 Å².